The number of aromatic nitrogens is 3. The van der Waals surface area contributed by atoms with E-state index in [4.69, 9.17) is 0 Å². The Balaban J connectivity index is 1.33. The van der Waals surface area contributed by atoms with Gasteiger partial charge < -0.3 is 5.32 Å². The van der Waals surface area contributed by atoms with Crippen LogP contribution in [0.1, 0.15) is 34.9 Å². The number of para-hydroxylation sites is 1. The molecule has 0 saturated heterocycles. The fourth-order valence-corrected chi connectivity index (χ4v) is 4.59. The lowest BCUT2D eigenvalue weighted by Gasteiger charge is -2.08. The van der Waals surface area contributed by atoms with E-state index < -0.39 is 5.41 Å². The highest BCUT2D eigenvalue weighted by Gasteiger charge is 2.65. The first kappa shape index (κ1) is 16.2. The molecule has 0 bridgehead atoms. The molecule has 1 aliphatic heterocycles. The van der Waals surface area contributed by atoms with Crippen LogP contribution >= 0.6 is 0 Å². The molecular formula is C24H18N4O. The molecule has 1 amide bonds. The van der Waals surface area contributed by atoms with Gasteiger partial charge in [0.1, 0.15) is 0 Å². The second kappa shape index (κ2) is 5.88. The van der Waals surface area contributed by atoms with E-state index in [0.717, 1.165) is 40.0 Å². The van der Waals surface area contributed by atoms with Crippen molar-refractivity contribution in [1.29, 1.82) is 0 Å². The van der Waals surface area contributed by atoms with E-state index in [1.165, 1.54) is 5.56 Å². The Kier molecular flexibility index (Phi) is 3.29. The van der Waals surface area contributed by atoms with Gasteiger partial charge in [0.15, 0.2) is 0 Å². The average Bonchev–Trinajstić information content (AvgIpc) is 3.29. The maximum Gasteiger partial charge on any atom is 0.235 e. The predicted octanol–water partition coefficient (Wildman–Crippen LogP) is 4.51. The maximum atomic E-state index is 12.7. The normalized spacial score (nSPS) is 22.3. The maximum absolute atomic E-state index is 12.7. The lowest BCUT2D eigenvalue weighted by atomic mass is 9.92. The molecule has 1 spiro atoms. The summed E-state index contributed by atoms with van der Waals surface area (Å²) in [7, 11) is 0. The molecule has 5 heteroatoms. The average molecular weight is 378 g/mol. The van der Waals surface area contributed by atoms with Gasteiger partial charge in [-0.2, -0.15) is 5.10 Å². The van der Waals surface area contributed by atoms with Crippen LogP contribution in [0.3, 0.4) is 0 Å². The van der Waals surface area contributed by atoms with Gasteiger partial charge in [-0.15, -0.1) is 0 Å². The molecule has 5 nitrogen and oxygen atoms in total. The summed E-state index contributed by atoms with van der Waals surface area (Å²) in [4.78, 5) is 17.0. The van der Waals surface area contributed by atoms with Crippen LogP contribution in [0.4, 0.5) is 5.69 Å². The number of hydrogen-bond donors (Lipinski definition) is 2. The van der Waals surface area contributed by atoms with E-state index in [0.29, 0.717) is 0 Å². The van der Waals surface area contributed by atoms with Crippen molar-refractivity contribution in [2.24, 2.45) is 0 Å². The third kappa shape index (κ3) is 2.37. The number of nitrogens with one attached hydrogen (secondary N) is 2. The first-order valence-corrected chi connectivity index (χ1v) is 9.74. The molecule has 1 aliphatic carbocycles. The number of anilines is 1. The fourth-order valence-electron chi connectivity index (χ4n) is 4.59. The molecule has 29 heavy (non-hydrogen) atoms. The number of hydrogen-bond acceptors (Lipinski definition) is 3. The Labute approximate surface area is 167 Å². The molecule has 1 saturated carbocycles. The van der Waals surface area contributed by atoms with Crippen LogP contribution in [0.2, 0.25) is 0 Å². The molecule has 6 rings (SSSR count). The zero-order chi connectivity index (χ0) is 19.4. The fraction of sp³-hybridized carbons (Fsp3) is 0.125. The summed E-state index contributed by atoms with van der Waals surface area (Å²) in [5, 5.41) is 11.7. The SMILES string of the molecule is O=C1Nc2ccccc2[C@]12C[C@H]2c1ccc2c(/C=C/c3ccccn3)n[nH]c2c1. The van der Waals surface area contributed by atoms with Crippen molar-refractivity contribution in [3.8, 4) is 0 Å². The predicted molar refractivity (Wildman–Crippen MR) is 113 cm³/mol. The third-order valence-electron chi connectivity index (χ3n) is 6.14. The number of rotatable bonds is 3. The first-order chi connectivity index (χ1) is 14.3. The molecule has 1 fully saturated rings. The largest absolute Gasteiger partial charge is 0.325 e. The lowest BCUT2D eigenvalue weighted by molar-refractivity contribution is -0.118. The second-order valence-electron chi connectivity index (χ2n) is 7.73. The van der Waals surface area contributed by atoms with Gasteiger partial charge in [-0.1, -0.05) is 36.4 Å². The number of amides is 1. The first-order valence-electron chi connectivity index (χ1n) is 9.74. The summed E-state index contributed by atoms with van der Waals surface area (Å²) in [5.41, 5.74) is 5.60. The van der Waals surface area contributed by atoms with Crippen molar-refractivity contribution in [3.05, 3.63) is 89.4 Å². The van der Waals surface area contributed by atoms with Crippen LogP contribution in [0.25, 0.3) is 23.1 Å². The Morgan fingerprint density at radius 2 is 1.93 bits per heavy atom. The molecule has 2 aromatic carbocycles. The summed E-state index contributed by atoms with van der Waals surface area (Å²) in [5.74, 6) is 0.318. The summed E-state index contributed by atoms with van der Waals surface area (Å²) in [6.07, 6.45) is 6.55. The number of fused-ring (bicyclic) bond motifs is 3. The van der Waals surface area contributed by atoms with E-state index in [2.05, 4.69) is 44.8 Å². The van der Waals surface area contributed by atoms with Crippen LogP contribution in [0.5, 0.6) is 0 Å². The van der Waals surface area contributed by atoms with Gasteiger partial charge in [0.2, 0.25) is 5.91 Å². The van der Waals surface area contributed by atoms with Crippen LogP contribution in [0, 0.1) is 0 Å². The Morgan fingerprint density at radius 1 is 1.03 bits per heavy atom. The molecule has 2 atom stereocenters. The standard InChI is InChI=1S/C24H18N4O/c29-23-24(18-6-1-2-7-21(18)26-23)14-19(24)15-8-10-17-20(27-28-22(17)13-15)11-9-16-5-3-4-12-25-16/h1-13,19H,14H2,(H,26,29)(H,27,28)/b11-9+/t19-,24-/m0/s1. The van der Waals surface area contributed by atoms with Crippen LogP contribution in [0.15, 0.2) is 66.9 Å². The monoisotopic (exact) mass is 378 g/mol. The molecule has 3 heterocycles. The minimum absolute atomic E-state index is 0.118. The summed E-state index contributed by atoms with van der Waals surface area (Å²) in [6, 6.07) is 20.2. The summed E-state index contributed by atoms with van der Waals surface area (Å²) < 4.78 is 0. The van der Waals surface area contributed by atoms with Crippen molar-refractivity contribution in [3.63, 3.8) is 0 Å². The number of pyridine rings is 1. The van der Waals surface area contributed by atoms with Gasteiger partial charge in [-0.3, -0.25) is 14.9 Å². The molecule has 140 valence electrons. The highest BCUT2D eigenvalue weighted by molar-refractivity contribution is 6.09. The van der Waals surface area contributed by atoms with Gasteiger partial charge in [0.25, 0.3) is 0 Å². The Hall–Kier alpha value is -3.73. The molecule has 2 aromatic heterocycles. The van der Waals surface area contributed by atoms with Crippen molar-refractivity contribution in [2.75, 3.05) is 5.32 Å². The minimum atomic E-state index is -0.411. The number of carbonyl (C=O) groups excluding carboxylic acids is 1. The van der Waals surface area contributed by atoms with Crippen molar-refractivity contribution >= 4 is 34.6 Å². The van der Waals surface area contributed by atoms with E-state index in [1.807, 2.05) is 48.6 Å². The summed E-state index contributed by atoms with van der Waals surface area (Å²) >= 11 is 0. The highest BCUT2D eigenvalue weighted by Crippen LogP contribution is 2.64. The zero-order valence-corrected chi connectivity index (χ0v) is 15.6. The molecule has 0 radical (unpaired) electrons. The number of benzene rings is 2. The molecule has 4 aromatic rings. The minimum Gasteiger partial charge on any atom is -0.325 e. The topological polar surface area (TPSA) is 70.7 Å². The zero-order valence-electron chi connectivity index (χ0n) is 15.6. The summed E-state index contributed by atoms with van der Waals surface area (Å²) in [6.45, 7) is 0. The van der Waals surface area contributed by atoms with Crippen LogP contribution < -0.4 is 5.32 Å². The smallest absolute Gasteiger partial charge is 0.235 e. The van der Waals surface area contributed by atoms with E-state index in [9.17, 15) is 4.79 Å². The van der Waals surface area contributed by atoms with E-state index in [-0.39, 0.29) is 11.8 Å². The quantitative estimate of drug-likeness (QED) is 0.551. The number of H-pyrrole nitrogens is 1. The number of carbonyl (C=O) groups is 1. The van der Waals surface area contributed by atoms with Crippen molar-refractivity contribution in [2.45, 2.75) is 17.8 Å². The van der Waals surface area contributed by atoms with Gasteiger partial charge in [0.05, 0.1) is 22.3 Å². The Bertz CT molecular complexity index is 1290. The molecule has 0 unspecified atom stereocenters. The van der Waals surface area contributed by atoms with Gasteiger partial charge in [-0.05, 0) is 54.0 Å². The van der Waals surface area contributed by atoms with Gasteiger partial charge in [0, 0.05) is 23.2 Å². The van der Waals surface area contributed by atoms with Gasteiger partial charge in [-0.25, -0.2) is 0 Å². The Morgan fingerprint density at radius 3 is 2.83 bits per heavy atom. The van der Waals surface area contributed by atoms with Gasteiger partial charge >= 0.3 is 0 Å². The van der Waals surface area contributed by atoms with Crippen LogP contribution in [-0.4, -0.2) is 21.1 Å². The molecule has 2 aliphatic rings. The second-order valence-corrected chi connectivity index (χ2v) is 7.73. The van der Waals surface area contributed by atoms with E-state index in [1.54, 1.807) is 6.20 Å². The van der Waals surface area contributed by atoms with E-state index >= 15 is 0 Å². The lowest BCUT2D eigenvalue weighted by Crippen LogP contribution is -2.20. The van der Waals surface area contributed by atoms with Crippen molar-refractivity contribution < 1.29 is 4.79 Å². The van der Waals surface area contributed by atoms with Crippen LogP contribution in [-0.2, 0) is 10.2 Å². The van der Waals surface area contributed by atoms with Crippen molar-refractivity contribution in [1.82, 2.24) is 15.2 Å². The highest BCUT2D eigenvalue weighted by atomic mass is 16.2. The molecular weight excluding hydrogens is 360 g/mol. The number of aromatic amines is 1. The third-order valence-corrected chi connectivity index (χ3v) is 6.14. The number of nitrogens with zero attached hydrogens (tertiary/aromatic N) is 2. The molecule has 2 N–H and O–H groups in total.